The third-order valence-corrected chi connectivity index (χ3v) is 7.19. The molecule has 2 heterocycles. The van der Waals surface area contributed by atoms with Gasteiger partial charge in [0.05, 0.1) is 11.0 Å². The number of likely N-dealkylation sites (tertiary alicyclic amines) is 1. The highest BCUT2D eigenvalue weighted by molar-refractivity contribution is 7.89. The third-order valence-electron chi connectivity index (χ3n) is 5.28. The topological polar surface area (TPSA) is 77.9 Å². The van der Waals surface area contributed by atoms with Gasteiger partial charge in [0.2, 0.25) is 15.9 Å². The Labute approximate surface area is 161 Å². The van der Waals surface area contributed by atoms with E-state index < -0.39 is 10.0 Å². The molecule has 0 unspecified atom stereocenters. The molecule has 3 rings (SSSR count). The van der Waals surface area contributed by atoms with Crippen molar-refractivity contribution < 1.29 is 18.3 Å². The zero-order valence-electron chi connectivity index (χ0n) is 15.6. The molecule has 2 aliphatic rings. The van der Waals surface area contributed by atoms with Gasteiger partial charge in [0.1, 0.15) is 0 Å². The molecular formula is C20H28N2O4S. The summed E-state index contributed by atoms with van der Waals surface area (Å²) in [6, 6.07) is 6.69. The van der Waals surface area contributed by atoms with Crippen molar-refractivity contribution in [3.05, 3.63) is 35.9 Å². The maximum absolute atomic E-state index is 12.8. The maximum atomic E-state index is 12.8. The van der Waals surface area contributed by atoms with E-state index in [0.717, 1.165) is 31.2 Å². The second-order valence-electron chi connectivity index (χ2n) is 7.28. The number of aliphatic hydroxyl groups excluding tert-OH is 1. The van der Waals surface area contributed by atoms with Crippen molar-refractivity contribution in [2.75, 3.05) is 26.2 Å². The van der Waals surface area contributed by atoms with Gasteiger partial charge in [-0.05, 0) is 49.5 Å². The normalized spacial score (nSPS) is 20.7. The van der Waals surface area contributed by atoms with Crippen LogP contribution in [-0.4, -0.2) is 60.9 Å². The minimum absolute atomic E-state index is 0.0804. The number of hydrogen-bond acceptors (Lipinski definition) is 4. The number of piperidine rings is 1. The fourth-order valence-electron chi connectivity index (χ4n) is 3.54. The highest BCUT2D eigenvalue weighted by atomic mass is 32.2. The largest absolute Gasteiger partial charge is 0.393 e. The van der Waals surface area contributed by atoms with E-state index in [9.17, 15) is 18.3 Å². The van der Waals surface area contributed by atoms with E-state index in [-0.39, 0.29) is 12.0 Å². The van der Waals surface area contributed by atoms with Crippen LogP contribution in [0.1, 0.15) is 44.1 Å². The summed E-state index contributed by atoms with van der Waals surface area (Å²) in [4.78, 5) is 14.2. The molecule has 27 heavy (non-hydrogen) atoms. The van der Waals surface area contributed by atoms with E-state index in [4.69, 9.17) is 0 Å². The number of sulfonamides is 1. The molecule has 0 radical (unpaired) electrons. The van der Waals surface area contributed by atoms with Crippen LogP contribution >= 0.6 is 0 Å². The van der Waals surface area contributed by atoms with E-state index in [0.29, 0.717) is 43.9 Å². The van der Waals surface area contributed by atoms with E-state index in [2.05, 4.69) is 0 Å². The average molecular weight is 393 g/mol. The van der Waals surface area contributed by atoms with Crippen molar-refractivity contribution >= 4 is 22.0 Å². The molecule has 6 nitrogen and oxygen atoms in total. The summed E-state index contributed by atoms with van der Waals surface area (Å²) in [5, 5.41) is 9.51. The molecule has 0 atom stereocenters. The number of hydrogen-bond donors (Lipinski definition) is 1. The molecular weight excluding hydrogens is 364 g/mol. The van der Waals surface area contributed by atoms with E-state index in [1.54, 1.807) is 39.5 Å². The molecule has 2 saturated heterocycles. The molecule has 0 spiro atoms. The van der Waals surface area contributed by atoms with Gasteiger partial charge in [-0.3, -0.25) is 4.79 Å². The van der Waals surface area contributed by atoms with Gasteiger partial charge in [0, 0.05) is 32.3 Å². The lowest BCUT2D eigenvalue weighted by Crippen LogP contribution is -2.39. The maximum Gasteiger partial charge on any atom is 0.246 e. The second kappa shape index (κ2) is 8.99. The van der Waals surface area contributed by atoms with Crippen LogP contribution in [-0.2, 0) is 14.8 Å². The van der Waals surface area contributed by atoms with Crippen LogP contribution in [0.3, 0.4) is 0 Å². The van der Waals surface area contributed by atoms with Crippen molar-refractivity contribution in [1.82, 2.24) is 9.21 Å². The first-order chi connectivity index (χ1) is 13.0. The smallest absolute Gasteiger partial charge is 0.246 e. The van der Waals surface area contributed by atoms with Crippen LogP contribution in [0.5, 0.6) is 0 Å². The molecule has 0 bridgehead atoms. The number of nitrogens with zero attached hydrogens (tertiary/aromatic N) is 2. The molecule has 1 amide bonds. The van der Waals surface area contributed by atoms with Crippen LogP contribution in [0.2, 0.25) is 0 Å². The summed E-state index contributed by atoms with van der Waals surface area (Å²) in [7, 11) is -3.45. The molecule has 0 aliphatic carbocycles. The molecule has 2 fully saturated rings. The Hall–Kier alpha value is -1.70. The summed E-state index contributed by atoms with van der Waals surface area (Å²) < 4.78 is 27.1. The summed E-state index contributed by atoms with van der Waals surface area (Å²) in [6.07, 6.45) is 8.12. The predicted molar refractivity (Wildman–Crippen MR) is 105 cm³/mol. The Morgan fingerprint density at radius 2 is 1.56 bits per heavy atom. The summed E-state index contributed by atoms with van der Waals surface area (Å²) >= 11 is 0. The Balaban J connectivity index is 1.63. The van der Waals surface area contributed by atoms with Gasteiger partial charge in [-0.2, -0.15) is 4.31 Å². The molecule has 0 saturated carbocycles. The van der Waals surface area contributed by atoms with Crippen molar-refractivity contribution in [3.8, 4) is 0 Å². The van der Waals surface area contributed by atoms with E-state index in [1.807, 2.05) is 0 Å². The number of benzene rings is 1. The Morgan fingerprint density at radius 1 is 0.963 bits per heavy atom. The van der Waals surface area contributed by atoms with Crippen molar-refractivity contribution in [2.24, 2.45) is 0 Å². The third kappa shape index (κ3) is 5.18. The van der Waals surface area contributed by atoms with Gasteiger partial charge in [-0.25, -0.2) is 8.42 Å². The predicted octanol–water partition coefficient (Wildman–Crippen LogP) is 2.25. The quantitative estimate of drug-likeness (QED) is 0.797. The first-order valence-electron chi connectivity index (χ1n) is 9.72. The molecule has 2 aliphatic heterocycles. The minimum Gasteiger partial charge on any atom is -0.393 e. The van der Waals surface area contributed by atoms with Gasteiger partial charge < -0.3 is 10.0 Å². The van der Waals surface area contributed by atoms with Gasteiger partial charge in [0.15, 0.2) is 0 Å². The molecule has 148 valence electrons. The zero-order valence-corrected chi connectivity index (χ0v) is 16.4. The lowest BCUT2D eigenvalue weighted by molar-refractivity contribution is -0.127. The lowest BCUT2D eigenvalue weighted by Gasteiger charge is -2.28. The molecule has 1 aromatic carbocycles. The van der Waals surface area contributed by atoms with Crippen LogP contribution in [0.25, 0.3) is 6.08 Å². The van der Waals surface area contributed by atoms with Crippen LogP contribution < -0.4 is 0 Å². The van der Waals surface area contributed by atoms with Gasteiger partial charge >= 0.3 is 0 Å². The van der Waals surface area contributed by atoms with Crippen molar-refractivity contribution in [2.45, 2.75) is 49.5 Å². The van der Waals surface area contributed by atoms with Gasteiger partial charge in [0.25, 0.3) is 0 Å². The monoisotopic (exact) mass is 392 g/mol. The highest BCUT2D eigenvalue weighted by Crippen LogP contribution is 2.21. The number of carbonyl (C=O) groups is 1. The molecule has 7 heteroatoms. The lowest BCUT2D eigenvalue weighted by atomic mass is 10.1. The summed E-state index contributed by atoms with van der Waals surface area (Å²) in [6.45, 7) is 2.31. The first-order valence-corrected chi connectivity index (χ1v) is 11.2. The number of rotatable bonds is 4. The Kier molecular flexibility index (Phi) is 6.68. The van der Waals surface area contributed by atoms with E-state index >= 15 is 0 Å². The fraction of sp³-hybridized carbons (Fsp3) is 0.550. The van der Waals surface area contributed by atoms with E-state index in [1.165, 1.54) is 6.08 Å². The molecule has 0 aromatic heterocycles. The second-order valence-corrected chi connectivity index (χ2v) is 9.22. The van der Waals surface area contributed by atoms with Crippen LogP contribution in [0.4, 0.5) is 0 Å². The van der Waals surface area contributed by atoms with Crippen LogP contribution in [0.15, 0.2) is 35.2 Å². The number of carbonyl (C=O) groups excluding carboxylic acids is 1. The highest BCUT2D eigenvalue weighted by Gasteiger charge is 2.25. The number of aliphatic hydroxyl groups is 1. The standard InChI is InChI=1S/C20H28N2O4S/c23-18-11-15-21(16-12-18)20(24)10-7-17-5-8-19(9-6-17)27(25,26)22-13-3-1-2-4-14-22/h5-10,18,23H,1-4,11-16H2/b10-7+. The summed E-state index contributed by atoms with van der Waals surface area (Å²) in [5.74, 6) is -0.0804. The Bertz CT molecular complexity index is 758. The van der Waals surface area contributed by atoms with Crippen molar-refractivity contribution in [1.29, 1.82) is 0 Å². The number of amides is 1. The first kappa shape index (κ1) is 20.0. The summed E-state index contributed by atoms with van der Waals surface area (Å²) in [5.41, 5.74) is 0.787. The fourth-order valence-corrected chi connectivity index (χ4v) is 5.06. The molecule has 1 aromatic rings. The van der Waals surface area contributed by atoms with Crippen molar-refractivity contribution in [3.63, 3.8) is 0 Å². The van der Waals surface area contributed by atoms with Gasteiger partial charge in [-0.1, -0.05) is 25.0 Å². The average Bonchev–Trinajstić information content (AvgIpc) is 2.97. The SMILES string of the molecule is O=C(/C=C/c1ccc(S(=O)(=O)N2CCCCCC2)cc1)N1CCC(O)CC1. The van der Waals surface area contributed by atoms with Crippen LogP contribution in [0, 0.1) is 0 Å². The minimum atomic E-state index is -3.45. The Morgan fingerprint density at radius 3 is 2.15 bits per heavy atom. The van der Waals surface area contributed by atoms with Gasteiger partial charge in [-0.15, -0.1) is 0 Å². The molecule has 1 N–H and O–H groups in total. The zero-order chi connectivity index (χ0) is 19.3.